The molecule has 0 aliphatic heterocycles. The van der Waals surface area contributed by atoms with Crippen LogP contribution in [0.15, 0.2) is 42.5 Å². The van der Waals surface area contributed by atoms with Crippen LogP contribution in [-0.2, 0) is 19.7 Å². The Kier molecular flexibility index (Phi) is 9.65. The van der Waals surface area contributed by atoms with Crippen LogP contribution in [0.1, 0.15) is 49.5 Å². The Morgan fingerprint density at radius 2 is 1.77 bits per heavy atom. The Labute approximate surface area is 205 Å². The van der Waals surface area contributed by atoms with Crippen molar-refractivity contribution in [3.05, 3.63) is 53.6 Å². The molecule has 0 aliphatic carbocycles. The molecule has 2 aromatic carbocycles. The Morgan fingerprint density at radius 3 is 2.37 bits per heavy atom. The zero-order chi connectivity index (χ0) is 26.2. The number of aliphatic carboxylic acids is 1. The predicted octanol–water partition coefficient (Wildman–Crippen LogP) is 3.36. The maximum atomic E-state index is 13.3. The van der Waals surface area contributed by atoms with E-state index in [-0.39, 0.29) is 16.7 Å². The number of carboxylic acids is 1. The number of nitrogens with one attached hydrogen (secondary N) is 2. The first-order valence-electron chi connectivity index (χ1n) is 11.3. The summed E-state index contributed by atoms with van der Waals surface area (Å²) in [6, 6.07) is 10.2. The number of hydrogen-bond acceptors (Lipinski definition) is 8. The van der Waals surface area contributed by atoms with Crippen molar-refractivity contribution in [1.29, 1.82) is 0 Å². The quantitative estimate of drug-likeness (QED) is 0.248. The van der Waals surface area contributed by atoms with Crippen LogP contribution in [0.3, 0.4) is 0 Å². The molecule has 2 atom stereocenters. The summed E-state index contributed by atoms with van der Waals surface area (Å²) in [4.78, 5) is 36.6. The van der Waals surface area contributed by atoms with Crippen molar-refractivity contribution in [1.82, 2.24) is 5.32 Å². The molecule has 0 bridgehead atoms. The van der Waals surface area contributed by atoms with Crippen LogP contribution >= 0.6 is 0 Å². The molecular formula is C26H34N2O7. The number of ketones is 1. The average Bonchev–Trinajstić information content (AvgIpc) is 2.82. The summed E-state index contributed by atoms with van der Waals surface area (Å²) >= 11 is 0. The fourth-order valence-electron chi connectivity index (χ4n) is 3.73. The van der Waals surface area contributed by atoms with Gasteiger partial charge in [-0.1, -0.05) is 32.0 Å². The molecule has 0 radical (unpaired) electrons. The standard InChI is InChI=1S/C26H34N2O7/c1-16(25(33)35-5)28-19-9-7-6-8-18(19)24(32)20(15-23(30)31)27-13-12-26(2,3)17-10-11-22(34-4)21(29)14-17/h6-11,14,16,20,27-29H,12-13,15H2,1-5H3,(H,30,31). The molecule has 2 aromatic rings. The summed E-state index contributed by atoms with van der Waals surface area (Å²) in [5, 5.41) is 25.6. The number of anilines is 1. The van der Waals surface area contributed by atoms with Crippen molar-refractivity contribution >= 4 is 23.4 Å². The Morgan fingerprint density at radius 1 is 1.09 bits per heavy atom. The van der Waals surface area contributed by atoms with Crippen LogP contribution in [-0.4, -0.2) is 60.8 Å². The zero-order valence-corrected chi connectivity index (χ0v) is 20.8. The average molecular weight is 487 g/mol. The minimum atomic E-state index is -1.11. The third-order valence-corrected chi connectivity index (χ3v) is 5.92. The second-order valence-electron chi connectivity index (χ2n) is 8.92. The molecule has 0 saturated carbocycles. The molecule has 9 heteroatoms. The van der Waals surface area contributed by atoms with Crippen LogP contribution in [0.25, 0.3) is 0 Å². The maximum absolute atomic E-state index is 13.3. The second-order valence-corrected chi connectivity index (χ2v) is 8.92. The molecule has 2 rings (SSSR count). The van der Waals surface area contributed by atoms with E-state index in [1.807, 2.05) is 19.9 Å². The second kappa shape index (κ2) is 12.2. The summed E-state index contributed by atoms with van der Waals surface area (Å²) in [7, 11) is 2.76. The smallest absolute Gasteiger partial charge is 0.327 e. The fourth-order valence-corrected chi connectivity index (χ4v) is 3.73. The molecule has 0 aromatic heterocycles. The van der Waals surface area contributed by atoms with Gasteiger partial charge in [0, 0.05) is 11.3 Å². The third-order valence-electron chi connectivity index (χ3n) is 5.92. The lowest BCUT2D eigenvalue weighted by Crippen LogP contribution is -2.41. The molecule has 190 valence electrons. The van der Waals surface area contributed by atoms with Gasteiger partial charge in [-0.15, -0.1) is 0 Å². The largest absolute Gasteiger partial charge is 0.504 e. The molecule has 0 amide bonds. The normalized spacial score (nSPS) is 12.9. The number of benzene rings is 2. The lowest BCUT2D eigenvalue weighted by Gasteiger charge is -2.27. The highest BCUT2D eigenvalue weighted by Gasteiger charge is 2.27. The van der Waals surface area contributed by atoms with Crippen LogP contribution in [0.5, 0.6) is 11.5 Å². The predicted molar refractivity (Wildman–Crippen MR) is 132 cm³/mol. The molecule has 0 spiro atoms. The van der Waals surface area contributed by atoms with E-state index >= 15 is 0 Å². The summed E-state index contributed by atoms with van der Waals surface area (Å²) in [5.74, 6) is -1.57. The minimum absolute atomic E-state index is 0.0373. The molecular weight excluding hydrogens is 452 g/mol. The molecule has 4 N–H and O–H groups in total. The first kappa shape index (κ1) is 27.7. The molecule has 9 nitrogen and oxygen atoms in total. The number of para-hydroxylation sites is 1. The van der Waals surface area contributed by atoms with Gasteiger partial charge in [0.2, 0.25) is 0 Å². The highest BCUT2D eigenvalue weighted by Crippen LogP contribution is 2.34. The first-order valence-corrected chi connectivity index (χ1v) is 11.3. The number of rotatable bonds is 13. The van der Waals surface area contributed by atoms with Gasteiger partial charge in [-0.2, -0.15) is 0 Å². The van der Waals surface area contributed by atoms with Gasteiger partial charge >= 0.3 is 11.9 Å². The molecule has 0 fully saturated rings. The van der Waals surface area contributed by atoms with Crippen LogP contribution in [0.2, 0.25) is 0 Å². The highest BCUT2D eigenvalue weighted by atomic mass is 16.5. The summed E-state index contributed by atoms with van der Waals surface area (Å²) < 4.78 is 9.82. The van der Waals surface area contributed by atoms with Gasteiger partial charge in [0.05, 0.1) is 26.7 Å². The van der Waals surface area contributed by atoms with Crippen molar-refractivity contribution in [3.63, 3.8) is 0 Å². The number of ether oxygens (including phenoxy) is 2. The van der Waals surface area contributed by atoms with E-state index < -0.39 is 36.2 Å². The number of phenols is 1. The number of carbonyl (C=O) groups is 3. The van der Waals surface area contributed by atoms with Gasteiger partial charge in [-0.3, -0.25) is 9.59 Å². The van der Waals surface area contributed by atoms with Crippen molar-refractivity contribution in [2.45, 2.75) is 51.1 Å². The van der Waals surface area contributed by atoms with E-state index in [9.17, 15) is 24.6 Å². The molecule has 2 unspecified atom stereocenters. The van der Waals surface area contributed by atoms with Crippen molar-refractivity contribution in [2.24, 2.45) is 0 Å². The zero-order valence-electron chi connectivity index (χ0n) is 20.8. The summed E-state index contributed by atoms with van der Waals surface area (Å²) in [6.07, 6.45) is 0.172. The van der Waals surface area contributed by atoms with E-state index in [0.29, 0.717) is 24.4 Å². The van der Waals surface area contributed by atoms with Gasteiger partial charge in [0.1, 0.15) is 6.04 Å². The molecule has 0 heterocycles. The number of phenolic OH excluding ortho intramolecular Hbond substituents is 1. The SMILES string of the molecule is COC(=O)C(C)Nc1ccccc1C(=O)C(CC(=O)O)NCCC(C)(C)c1ccc(OC)c(O)c1. The number of esters is 1. The third kappa shape index (κ3) is 7.45. The summed E-state index contributed by atoms with van der Waals surface area (Å²) in [6.45, 7) is 5.96. The number of carbonyl (C=O) groups excluding carboxylic acids is 2. The van der Waals surface area contributed by atoms with E-state index in [4.69, 9.17) is 9.47 Å². The Hall–Kier alpha value is -3.59. The van der Waals surface area contributed by atoms with Crippen molar-refractivity contribution < 1.29 is 34.1 Å². The first-order chi connectivity index (χ1) is 16.5. The number of hydrogen-bond donors (Lipinski definition) is 4. The molecule has 0 aliphatic rings. The van der Waals surface area contributed by atoms with Gasteiger partial charge in [-0.25, -0.2) is 4.79 Å². The Balaban J connectivity index is 2.17. The van der Waals surface area contributed by atoms with E-state index in [0.717, 1.165) is 5.56 Å². The topological polar surface area (TPSA) is 134 Å². The Bertz CT molecular complexity index is 1050. The number of carboxylic acid groups (broad SMARTS) is 1. The maximum Gasteiger partial charge on any atom is 0.327 e. The van der Waals surface area contributed by atoms with E-state index in [2.05, 4.69) is 10.6 Å². The number of aromatic hydroxyl groups is 1. The monoisotopic (exact) mass is 486 g/mol. The fraction of sp³-hybridized carbons (Fsp3) is 0.423. The van der Waals surface area contributed by atoms with Gasteiger partial charge in [0.25, 0.3) is 0 Å². The molecule has 35 heavy (non-hydrogen) atoms. The summed E-state index contributed by atoms with van der Waals surface area (Å²) in [5.41, 5.74) is 1.20. The number of Topliss-reactive ketones (excluding diaryl/α,β-unsaturated/α-hetero) is 1. The van der Waals surface area contributed by atoms with Crippen LogP contribution in [0, 0.1) is 0 Å². The molecule has 0 saturated heterocycles. The van der Waals surface area contributed by atoms with Crippen molar-refractivity contribution in [2.75, 3.05) is 26.1 Å². The van der Waals surface area contributed by atoms with Gasteiger partial charge in [-0.05, 0) is 55.1 Å². The van der Waals surface area contributed by atoms with E-state index in [1.165, 1.54) is 14.2 Å². The number of methoxy groups -OCH3 is 2. The van der Waals surface area contributed by atoms with Crippen LogP contribution in [0.4, 0.5) is 5.69 Å². The highest BCUT2D eigenvalue weighted by molar-refractivity contribution is 6.06. The lowest BCUT2D eigenvalue weighted by atomic mass is 9.81. The van der Waals surface area contributed by atoms with E-state index in [1.54, 1.807) is 43.3 Å². The van der Waals surface area contributed by atoms with Gasteiger partial charge in [0.15, 0.2) is 17.3 Å². The van der Waals surface area contributed by atoms with Crippen molar-refractivity contribution in [3.8, 4) is 11.5 Å². The minimum Gasteiger partial charge on any atom is -0.504 e. The van der Waals surface area contributed by atoms with Crippen LogP contribution < -0.4 is 15.4 Å². The lowest BCUT2D eigenvalue weighted by molar-refractivity contribution is -0.141. The van der Waals surface area contributed by atoms with Gasteiger partial charge < -0.3 is 30.3 Å².